The first-order chi connectivity index (χ1) is 9.11. The molecule has 0 saturated carbocycles. The van der Waals surface area contributed by atoms with Crippen molar-refractivity contribution in [2.24, 2.45) is 5.73 Å². The third-order valence-electron chi connectivity index (χ3n) is 3.38. The number of nitrogens with two attached hydrogens (primary N) is 1. The zero-order valence-corrected chi connectivity index (χ0v) is 12.6. The third kappa shape index (κ3) is 3.49. The van der Waals surface area contributed by atoms with Crippen LogP contribution in [0.1, 0.15) is 6.92 Å². The van der Waals surface area contributed by atoms with Crippen LogP contribution in [0.3, 0.4) is 0 Å². The number of likely N-dealkylation sites (N-methyl/N-ethyl adjacent to an activating group) is 1. The lowest BCUT2D eigenvalue weighted by Gasteiger charge is -2.36. The second-order valence-electron chi connectivity index (χ2n) is 4.55. The van der Waals surface area contributed by atoms with Crippen molar-refractivity contribution in [2.75, 3.05) is 42.9 Å². The Morgan fingerprint density at radius 1 is 1.37 bits per heavy atom. The fourth-order valence-electron chi connectivity index (χ4n) is 2.36. The number of nitrogens with zero attached hydrogens (tertiary/aromatic N) is 2. The summed E-state index contributed by atoms with van der Waals surface area (Å²) in [5.41, 5.74) is 7.44. The quantitative estimate of drug-likeness (QED) is 0.837. The second kappa shape index (κ2) is 6.41. The van der Waals surface area contributed by atoms with E-state index in [0.29, 0.717) is 0 Å². The summed E-state index contributed by atoms with van der Waals surface area (Å²) in [7, 11) is 0. The maximum atomic E-state index is 6.34. The van der Waals surface area contributed by atoms with Crippen molar-refractivity contribution in [1.82, 2.24) is 4.90 Å². The van der Waals surface area contributed by atoms with Crippen molar-refractivity contribution in [2.45, 2.75) is 6.92 Å². The van der Waals surface area contributed by atoms with Gasteiger partial charge in [-0.2, -0.15) is 0 Å². The number of piperazine rings is 1. The summed E-state index contributed by atoms with van der Waals surface area (Å²) in [6.07, 6.45) is 0. The zero-order valence-electron chi connectivity index (χ0n) is 11.0. The van der Waals surface area contributed by atoms with E-state index < -0.39 is 0 Å². The number of halogens is 1. The van der Waals surface area contributed by atoms with E-state index in [-0.39, 0.29) is 5.11 Å². The lowest BCUT2D eigenvalue weighted by molar-refractivity contribution is 0.271. The van der Waals surface area contributed by atoms with E-state index in [1.165, 1.54) is 0 Å². The minimum Gasteiger partial charge on any atom is -0.376 e. The fraction of sp³-hybridized carbons (Fsp3) is 0.462. The van der Waals surface area contributed by atoms with Gasteiger partial charge in [-0.15, -0.1) is 0 Å². The van der Waals surface area contributed by atoms with E-state index in [9.17, 15) is 0 Å². The Morgan fingerprint density at radius 2 is 2.05 bits per heavy atom. The standard InChI is InChI=1S/C13H19ClN4S/c1-2-17-6-8-18(9-7-17)12-10(14)4-3-5-11(12)16-13(15)19/h3-5H,2,6-9H2,1H3,(H3,15,16,19). The van der Waals surface area contributed by atoms with Crippen molar-refractivity contribution in [3.8, 4) is 0 Å². The first-order valence-electron chi connectivity index (χ1n) is 6.44. The summed E-state index contributed by atoms with van der Waals surface area (Å²) >= 11 is 11.3. The first-order valence-corrected chi connectivity index (χ1v) is 7.22. The van der Waals surface area contributed by atoms with Gasteiger partial charge in [0, 0.05) is 26.2 Å². The summed E-state index contributed by atoms with van der Waals surface area (Å²) in [6.45, 7) is 7.30. The number of anilines is 2. The van der Waals surface area contributed by atoms with Crippen molar-refractivity contribution in [3.05, 3.63) is 23.2 Å². The summed E-state index contributed by atoms with van der Waals surface area (Å²) in [6, 6.07) is 5.75. The van der Waals surface area contributed by atoms with Crippen LogP contribution in [0.15, 0.2) is 18.2 Å². The van der Waals surface area contributed by atoms with Gasteiger partial charge in [-0.05, 0) is 30.9 Å². The molecule has 0 radical (unpaired) electrons. The molecule has 4 nitrogen and oxygen atoms in total. The van der Waals surface area contributed by atoms with Crippen LogP contribution in [0.25, 0.3) is 0 Å². The van der Waals surface area contributed by atoms with Gasteiger partial charge < -0.3 is 20.9 Å². The lowest BCUT2D eigenvalue weighted by atomic mass is 10.2. The lowest BCUT2D eigenvalue weighted by Crippen LogP contribution is -2.46. The number of para-hydroxylation sites is 1. The minimum absolute atomic E-state index is 0.260. The van der Waals surface area contributed by atoms with Crippen molar-refractivity contribution < 1.29 is 0 Å². The van der Waals surface area contributed by atoms with Gasteiger partial charge in [0.2, 0.25) is 0 Å². The van der Waals surface area contributed by atoms with Gasteiger partial charge >= 0.3 is 0 Å². The Hall–Kier alpha value is -1.04. The molecule has 3 N–H and O–H groups in total. The van der Waals surface area contributed by atoms with Gasteiger partial charge in [0.15, 0.2) is 5.11 Å². The highest BCUT2D eigenvalue weighted by atomic mass is 35.5. The molecule has 2 rings (SSSR count). The zero-order chi connectivity index (χ0) is 13.8. The van der Waals surface area contributed by atoms with Crippen LogP contribution in [0.4, 0.5) is 11.4 Å². The van der Waals surface area contributed by atoms with E-state index in [1.807, 2.05) is 18.2 Å². The van der Waals surface area contributed by atoms with Gasteiger partial charge in [0.25, 0.3) is 0 Å². The number of nitrogens with one attached hydrogen (secondary N) is 1. The molecule has 19 heavy (non-hydrogen) atoms. The molecule has 0 aromatic heterocycles. The number of benzene rings is 1. The predicted molar refractivity (Wildman–Crippen MR) is 86.2 cm³/mol. The minimum atomic E-state index is 0.260. The van der Waals surface area contributed by atoms with E-state index in [4.69, 9.17) is 29.6 Å². The van der Waals surface area contributed by atoms with Gasteiger partial charge in [0.1, 0.15) is 0 Å². The molecule has 1 aromatic carbocycles. The van der Waals surface area contributed by atoms with Crippen LogP contribution >= 0.6 is 23.8 Å². The molecule has 104 valence electrons. The highest BCUT2D eigenvalue weighted by Gasteiger charge is 2.20. The van der Waals surface area contributed by atoms with Crippen LogP contribution in [0.5, 0.6) is 0 Å². The Bertz CT molecular complexity index is 458. The number of rotatable bonds is 3. The van der Waals surface area contributed by atoms with E-state index in [0.717, 1.165) is 49.1 Å². The highest BCUT2D eigenvalue weighted by Crippen LogP contribution is 2.34. The summed E-state index contributed by atoms with van der Waals surface area (Å²) < 4.78 is 0. The Balaban J connectivity index is 2.21. The van der Waals surface area contributed by atoms with Crippen LogP contribution in [0, 0.1) is 0 Å². The van der Waals surface area contributed by atoms with Crippen LogP contribution in [-0.2, 0) is 0 Å². The molecule has 0 unspecified atom stereocenters. The van der Waals surface area contributed by atoms with E-state index >= 15 is 0 Å². The monoisotopic (exact) mass is 298 g/mol. The predicted octanol–water partition coefficient (Wildman–Crippen LogP) is 2.14. The molecule has 1 saturated heterocycles. The largest absolute Gasteiger partial charge is 0.376 e. The van der Waals surface area contributed by atoms with E-state index in [2.05, 4.69) is 22.0 Å². The van der Waals surface area contributed by atoms with Crippen LogP contribution < -0.4 is 16.0 Å². The van der Waals surface area contributed by atoms with Crippen LogP contribution in [-0.4, -0.2) is 42.7 Å². The molecular weight excluding hydrogens is 280 g/mol. The maximum absolute atomic E-state index is 6.34. The van der Waals surface area contributed by atoms with Crippen molar-refractivity contribution in [3.63, 3.8) is 0 Å². The molecule has 1 aliphatic heterocycles. The Labute approximate surface area is 124 Å². The molecule has 1 aromatic rings. The molecule has 1 heterocycles. The van der Waals surface area contributed by atoms with Crippen LogP contribution in [0.2, 0.25) is 5.02 Å². The third-order valence-corrected chi connectivity index (χ3v) is 3.79. The number of hydrogen-bond acceptors (Lipinski definition) is 3. The Kier molecular flexibility index (Phi) is 4.85. The topological polar surface area (TPSA) is 44.5 Å². The van der Waals surface area contributed by atoms with Gasteiger partial charge in [-0.3, -0.25) is 0 Å². The summed E-state index contributed by atoms with van der Waals surface area (Å²) in [5, 5.41) is 3.99. The average Bonchev–Trinajstić information content (AvgIpc) is 2.38. The maximum Gasteiger partial charge on any atom is 0.168 e. The molecule has 1 aliphatic rings. The molecule has 0 spiro atoms. The molecule has 1 fully saturated rings. The summed E-state index contributed by atoms with van der Waals surface area (Å²) in [4.78, 5) is 4.71. The molecule has 0 amide bonds. The summed E-state index contributed by atoms with van der Waals surface area (Å²) in [5.74, 6) is 0. The second-order valence-corrected chi connectivity index (χ2v) is 5.39. The first kappa shape index (κ1) is 14.4. The van der Waals surface area contributed by atoms with Crippen molar-refractivity contribution in [1.29, 1.82) is 0 Å². The smallest absolute Gasteiger partial charge is 0.168 e. The Morgan fingerprint density at radius 3 is 2.63 bits per heavy atom. The van der Waals surface area contributed by atoms with Gasteiger partial charge in [0.05, 0.1) is 16.4 Å². The normalized spacial score (nSPS) is 16.4. The van der Waals surface area contributed by atoms with Crippen molar-refractivity contribution >= 4 is 40.3 Å². The molecular formula is C13H19ClN4S. The fourth-order valence-corrected chi connectivity index (χ4v) is 2.76. The van der Waals surface area contributed by atoms with E-state index in [1.54, 1.807) is 0 Å². The number of hydrogen-bond donors (Lipinski definition) is 2. The molecule has 0 bridgehead atoms. The average molecular weight is 299 g/mol. The molecule has 6 heteroatoms. The van der Waals surface area contributed by atoms with Gasteiger partial charge in [-0.1, -0.05) is 24.6 Å². The molecule has 0 atom stereocenters. The molecule has 0 aliphatic carbocycles. The van der Waals surface area contributed by atoms with Gasteiger partial charge in [-0.25, -0.2) is 0 Å². The SMILES string of the molecule is CCN1CCN(c2c(Cl)cccc2NC(N)=S)CC1. The highest BCUT2D eigenvalue weighted by molar-refractivity contribution is 7.80. The number of thiocarbonyl (C=S) groups is 1.